The molecule has 0 aliphatic carbocycles. The van der Waals surface area contributed by atoms with E-state index in [1.165, 1.54) is 5.56 Å². The molecule has 4 heteroatoms. The molecule has 2 aromatic carbocycles. The van der Waals surface area contributed by atoms with Gasteiger partial charge in [-0.05, 0) is 48.2 Å². The van der Waals surface area contributed by atoms with Crippen LogP contribution in [0.4, 0.5) is 0 Å². The van der Waals surface area contributed by atoms with Crippen LogP contribution in [0.25, 0.3) is 11.3 Å². The summed E-state index contributed by atoms with van der Waals surface area (Å²) in [5.41, 5.74) is 3.87. The van der Waals surface area contributed by atoms with Gasteiger partial charge < -0.3 is 4.98 Å². The maximum absolute atomic E-state index is 12.7. The number of rotatable bonds is 7. The van der Waals surface area contributed by atoms with E-state index in [9.17, 15) is 8.42 Å². The van der Waals surface area contributed by atoms with Crippen LogP contribution < -0.4 is 0 Å². The Morgan fingerprint density at radius 1 is 0.880 bits per heavy atom. The first-order valence-corrected chi connectivity index (χ1v) is 10.3. The monoisotopic (exact) mass is 353 g/mol. The third-order valence-corrected chi connectivity index (χ3v) is 5.96. The van der Waals surface area contributed by atoms with E-state index in [1.807, 2.05) is 54.6 Å². The lowest BCUT2D eigenvalue weighted by Gasteiger charge is -2.05. The Morgan fingerprint density at radius 3 is 2.28 bits per heavy atom. The number of aryl methyl sites for hydroxylation is 1. The number of aromatic amines is 1. The zero-order chi connectivity index (χ0) is 17.7. The fourth-order valence-electron chi connectivity index (χ4n) is 2.84. The fourth-order valence-corrected chi connectivity index (χ4v) is 4.14. The average Bonchev–Trinajstić information content (AvgIpc) is 3.09. The van der Waals surface area contributed by atoms with Crippen molar-refractivity contribution in [2.45, 2.75) is 36.8 Å². The van der Waals surface area contributed by atoms with Gasteiger partial charge in [0, 0.05) is 11.4 Å². The van der Waals surface area contributed by atoms with Crippen LogP contribution in [-0.2, 0) is 22.0 Å². The second-order valence-electron chi connectivity index (χ2n) is 6.27. The summed E-state index contributed by atoms with van der Waals surface area (Å²) in [6.45, 7) is 2.15. The number of hydrogen-bond acceptors (Lipinski definition) is 2. The van der Waals surface area contributed by atoms with Gasteiger partial charge in [-0.3, -0.25) is 0 Å². The molecule has 0 fully saturated rings. The smallest absolute Gasteiger partial charge is 0.183 e. The minimum atomic E-state index is -3.35. The fraction of sp³-hybridized carbons (Fsp3) is 0.238. The van der Waals surface area contributed by atoms with E-state index in [4.69, 9.17) is 0 Å². The maximum atomic E-state index is 12.7. The van der Waals surface area contributed by atoms with Crippen LogP contribution in [0.3, 0.4) is 0 Å². The highest BCUT2D eigenvalue weighted by atomic mass is 32.2. The van der Waals surface area contributed by atoms with Crippen molar-refractivity contribution in [1.29, 1.82) is 0 Å². The van der Waals surface area contributed by atoms with Crippen LogP contribution in [0.1, 0.15) is 31.0 Å². The molecule has 0 saturated carbocycles. The molecule has 0 radical (unpaired) electrons. The highest BCUT2D eigenvalue weighted by Crippen LogP contribution is 2.22. The van der Waals surface area contributed by atoms with Crippen LogP contribution in [-0.4, -0.2) is 13.4 Å². The molecule has 0 spiro atoms. The van der Waals surface area contributed by atoms with Gasteiger partial charge >= 0.3 is 0 Å². The van der Waals surface area contributed by atoms with Gasteiger partial charge in [0.1, 0.15) is 0 Å². The molecule has 0 amide bonds. The molecule has 1 aromatic heterocycles. The summed E-state index contributed by atoms with van der Waals surface area (Å²) in [6, 6.07) is 20.9. The standard InChI is InChI=1S/C21H23NO2S/c1-2-3-7-17-10-13-20(14-11-17)25(23,24)16-19-12-15-21(22-19)18-8-5-4-6-9-18/h4-6,8-15,22H,2-3,7,16H2,1H3. The van der Waals surface area contributed by atoms with Crippen molar-refractivity contribution in [2.75, 3.05) is 0 Å². The molecule has 25 heavy (non-hydrogen) atoms. The Hall–Kier alpha value is -2.33. The molecule has 0 bridgehead atoms. The number of nitrogens with one attached hydrogen (secondary N) is 1. The van der Waals surface area contributed by atoms with E-state index in [0.717, 1.165) is 30.5 Å². The molecular formula is C21H23NO2S. The zero-order valence-electron chi connectivity index (χ0n) is 14.4. The number of hydrogen-bond donors (Lipinski definition) is 1. The molecule has 1 N–H and O–H groups in total. The van der Waals surface area contributed by atoms with Crippen molar-refractivity contribution in [2.24, 2.45) is 0 Å². The van der Waals surface area contributed by atoms with E-state index in [2.05, 4.69) is 11.9 Å². The first-order valence-electron chi connectivity index (χ1n) is 8.63. The molecular weight excluding hydrogens is 330 g/mol. The first-order chi connectivity index (χ1) is 12.1. The SMILES string of the molecule is CCCCc1ccc(S(=O)(=O)Cc2ccc(-c3ccccc3)[nH]2)cc1. The normalized spacial score (nSPS) is 11.6. The number of sulfone groups is 1. The molecule has 0 saturated heterocycles. The minimum Gasteiger partial charge on any atom is -0.358 e. The van der Waals surface area contributed by atoms with Crippen molar-refractivity contribution in [1.82, 2.24) is 4.98 Å². The van der Waals surface area contributed by atoms with Crippen LogP contribution in [0.15, 0.2) is 71.6 Å². The van der Waals surface area contributed by atoms with Crippen molar-refractivity contribution in [3.63, 3.8) is 0 Å². The zero-order valence-corrected chi connectivity index (χ0v) is 15.2. The van der Waals surface area contributed by atoms with Gasteiger partial charge in [-0.2, -0.15) is 0 Å². The Morgan fingerprint density at radius 2 is 1.60 bits per heavy atom. The quantitative estimate of drug-likeness (QED) is 0.650. The molecule has 0 unspecified atom stereocenters. The first kappa shape index (κ1) is 17.5. The van der Waals surface area contributed by atoms with Gasteiger partial charge in [0.05, 0.1) is 10.6 Å². The summed E-state index contributed by atoms with van der Waals surface area (Å²) in [6.07, 6.45) is 3.25. The van der Waals surface area contributed by atoms with Gasteiger partial charge in [0.2, 0.25) is 0 Å². The van der Waals surface area contributed by atoms with Gasteiger partial charge in [-0.1, -0.05) is 55.8 Å². The highest BCUT2D eigenvalue weighted by molar-refractivity contribution is 7.90. The van der Waals surface area contributed by atoms with E-state index in [-0.39, 0.29) is 5.75 Å². The lowest BCUT2D eigenvalue weighted by molar-refractivity contribution is 0.594. The van der Waals surface area contributed by atoms with Crippen LogP contribution in [0.2, 0.25) is 0 Å². The van der Waals surface area contributed by atoms with E-state index in [0.29, 0.717) is 10.6 Å². The summed E-state index contributed by atoms with van der Waals surface area (Å²) >= 11 is 0. The second-order valence-corrected chi connectivity index (χ2v) is 8.26. The topological polar surface area (TPSA) is 49.9 Å². The molecule has 0 aliphatic heterocycles. The van der Waals surface area contributed by atoms with E-state index < -0.39 is 9.84 Å². The van der Waals surface area contributed by atoms with Crippen LogP contribution >= 0.6 is 0 Å². The molecule has 0 atom stereocenters. The van der Waals surface area contributed by atoms with Crippen molar-refractivity contribution >= 4 is 9.84 Å². The van der Waals surface area contributed by atoms with Crippen molar-refractivity contribution in [3.8, 4) is 11.3 Å². The summed E-state index contributed by atoms with van der Waals surface area (Å²) in [5.74, 6) is -0.0197. The van der Waals surface area contributed by atoms with Crippen molar-refractivity contribution < 1.29 is 8.42 Å². The Balaban J connectivity index is 1.74. The molecule has 3 rings (SSSR count). The van der Waals surface area contributed by atoms with Crippen LogP contribution in [0.5, 0.6) is 0 Å². The Bertz CT molecular complexity index is 910. The number of unbranched alkanes of at least 4 members (excludes halogenated alkanes) is 1. The summed E-state index contributed by atoms with van der Waals surface area (Å²) in [7, 11) is -3.35. The maximum Gasteiger partial charge on any atom is 0.183 e. The number of aromatic nitrogens is 1. The summed E-state index contributed by atoms with van der Waals surface area (Å²) in [4.78, 5) is 3.59. The van der Waals surface area contributed by atoms with Crippen molar-refractivity contribution in [3.05, 3.63) is 78.0 Å². The van der Waals surface area contributed by atoms with Gasteiger partial charge in [-0.25, -0.2) is 8.42 Å². The minimum absolute atomic E-state index is 0.0197. The second kappa shape index (κ2) is 7.70. The van der Waals surface area contributed by atoms with Crippen LogP contribution in [0, 0.1) is 0 Å². The molecule has 3 nitrogen and oxygen atoms in total. The third-order valence-electron chi connectivity index (χ3n) is 4.28. The number of benzene rings is 2. The van der Waals surface area contributed by atoms with E-state index >= 15 is 0 Å². The van der Waals surface area contributed by atoms with Gasteiger partial charge in [0.25, 0.3) is 0 Å². The largest absolute Gasteiger partial charge is 0.358 e. The lowest BCUT2D eigenvalue weighted by Crippen LogP contribution is -2.05. The van der Waals surface area contributed by atoms with E-state index in [1.54, 1.807) is 12.1 Å². The van der Waals surface area contributed by atoms with Gasteiger partial charge in [-0.15, -0.1) is 0 Å². The number of H-pyrrole nitrogens is 1. The Kier molecular flexibility index (Phi) is 5.39. The highest BCUT2D eigenvalue weighted by Gasteiger charge is 2.16. The van der Waals surface area contributed by atoms with Gasteiger partial charge in [0.15, 0.2) is 9.84 Å². The predicted octanol–water partition coefficient (Wildman–Crippen LogP) is 5.00. The third kappa shape index (κ3) is 4.40. The predicted molar refractivity (Wildman–Crippen MR) is 102 cm³/mol. The summed E-state index contributed by atoms with van der Waals surface area (Å²) < 4.78 is 25.3. The summed E-state index contributed by atoms with van der Waals surface area (Å²) in [5, 5.41) is 0. The molecule has 0 aliphatic rings. The Labute approximate surface area is 149 Å². The molecule has 130 valence electrons. The lowest BCUT2D eigenvalue weighted by atomic mass is 10.1. The average molecular weight is 353 g/mol. The molecule has 1 heterocycles. The molecule has 3 aromatic rings.